The van der Waals surface area contributed by atoms with Gasteiger partial charge in [0.1, 0.15) is 5.56 Å². The van der Waals surface area contributed by atoms with Crippen LogP contribution in [0.3, 0.4) is 0 Å². The topological polar surface area (TPSA) is 64.4 Å². The van der Waals surface area contributed by atoms with E-state index < -0.39 is 5.97 Å². The van der Waals surface area contributed by atoms with Crippen LogP contribution in [0.25, 0.3) is 0 Å². The van der Waals surface area contributed by atoms with E-state index in [2.05, 4.69) is 21.0 Å². The van der Waals surface area contributed by atoms with E-state index in [1.165, 1.54) is 10.9 Å². The molecule has 0 bridgehead atoms. The molecule has 0 atom stereocenters. The van der Waals surface area contributed by atoms with Crippen LogP contribution < -0.4 is 0 Å². The summed E-state index contributed by atoms with van der Waals surface area (Å²) in [6.45, 7) is 0.633. The number of aromatic nitrogens is 2. The summed E-state index contributed by atoms with van der Waals surface area (Å²) in [5, 5.41) is 12.9. The van der Waals surface area contributed by atoms with Gasteiger partial charge in [0.2, 0.25) is 0 Å². The average Bonchev–Trinajstić information content (AvgIpc) is 2.71. The van der Waals surface area contributed by atoms with Crippen LogP contribution >= 0.6 is 15.9 Å². The fourth-order valence-corrected chi connectivity index (χ4v) is 2.15. The monoisotopic (exact) mass is 324 g/mol. The first-order valence-electron chi connectivity index (χ1n) is 5.64. The molecule has 1 N–H and O–H groups in total. The van der Waals surface area contributed by atoms with E-state index in [9.17, 15) is 4.79 Å². The molecular weight excluding hydrogens is 312 g/mol. The first-order chi connectivity index (χ1) is 9.08. The highest BCUT2D eigenvalue weighted by molar-refractivity contribution is 9.10. The summed E-state index contributed by atoms with van der Waals surface area (Å²) in [4.78, 5) is 11.0. The number of halogens is 1. The summed E-state index contributed by atoms with van der Waals surface area (Å²) in [5.74, 6) is -0.992. The molecule has 6 heteroatoms. The lowest BCUT2D eigenvalue weighted by molar-refractivity contribution is 0.0681. The molecule has 0 aliphatic carbocycles. The molecule has 1 heterocycles. The number of carbonyl (C=O) groups is 1. The number of ether oxygens (including phenoxy) is 1. The minimum absolute atomic E-state index is 0.178. The maximum absolute atomic E-state index is 11.0. The van der Waals surface area contributed by atoms with E-state index in [-0.39, 0.29) is 12.2 Å². The summed E-state index contributed by atoms with van der Waals surface area (Å²) < 4.78 is 8.05. The Hall–Kier alpha value is -1.66. The van der Waals surface area contributed by atoms with Crippen LogP contribution in [-0.2, 0) is 25.0 Å². The molecule has 1 aromatic heterocycles. The normalized spacial score (nSPS) is 10.6. The Morgan fingerprint density at radius 1 is 1.47 bits per heavy atom. The van der Waals surface area contributed by atoms with Crippen molar-refractivity contribution in [3.63, 3.8) is 0 Å². The number of nitrogens with zero attached hydrogens (tertiary/aromatic N) is 2. The number of hydrogen-bond acceptors (Lipinski definition) is 3. The van der Waals surface area contributed by atoms with E-state index in [1.54, 1.807) is 7.05 Å². The van der Waals surface area contributed by atoms with Crippen LogP contribution in [0.5, 0.6) is 0 Å². The second-order valence-electron chi connectivity index (χ2n) is 4.06. The second kappa shape index (κ2) is 5.99. The van der Waals surface area contributed by atoms with Gasteiger partial charge in [-0.2, -0.15) is 5.10 Å². The first-order valence-corrected chi connectivity index (χ1v) is 6.43. The maximum atomic E-state index is 11.0. The van der Waals surface area contributed by atoms with Gasteiger partial charge in [0, 0.05) is 11.5 Å². The van der Waals surface area contributed by atoms with E-state index >= 15 is 0 Å². The summed E-state index contributed by atoms with van der Waals surface area (Å²) in [7, 11) is 1.70. The molecule has 0 saturated heterocycles. The van der Waals surface area contributed by atoms with Crippen molar-refractivity contribution in [2.24, 2.45) is 7.05 Å². The lowest BCUT2D eigenvalue weighted by Crippen LogP contribution is -2.07. The van der Waals surface area contributed by atoms with Crippen molar-refractivity contribution >= 4 is 21.9 Å². The zero-order chi connectivity index (χ0) is 13.8. The molecule has 2 rings (SSSR count). The summed E-state index contributed by atoms with van der Waals surface area (Å²) in [5.41, 5.74) is 1.76. The molecule has 2 aromatic rings. The lowest BCUT2D eigenvalue weighted by Gasteiger charge is -2.06. The summed E-state index contributed by atoms with van der Waals surface area (Å²) >= 11 is 3.39. The molecule has 0 radical (unpaired) electrons. The molecule has 5 nitrogen and oxygen atoms in total. The lowest BCUT2D eigenvalue weighted by atomic mass is 10.2. The third-order valence-corrected chi connectivity index (χ3v) is 3.18. The second-order valence-corrected chi connectivity index (χ2v) is 4.97. The third-order valence-electron chi connectivity index (χ3n) is 2.69. The number of carboxylic acid groups (broad SMARTS) is 1. The molecular formula is C13H13BrN2O3. The highest BCUT2D eigenvalue weighted by Crippen LogP contribution is 2.14. The molecule has 0 aliphatic rings. The van der Waals surface area contributed by atoms with Crippen molar-refractivity contribution in [1.82, 2.24) is 9.78 Å². The molecule has 0 aliphatic heterocycles. The molecule has 100 valence electrons. The van der Waals surface area contributed by atoms with Gasteiger partial charge in [-0.05, 0) is 17.7 Å². The molecule has 0 amide bonds. The number of rotatable bonds is 5. The Labute approximate surface area is 118 Å². The predicted octanol–water partition coefficient (Wildman–Crippen LogP) is 2.60. The van der Waals surface area contributed by atoms with Gasteiger partial charge >= 0.3 is 5.97 Å². The largest absolute Gasteiger partial charge is 0.478 e. The quantitative estimate of drug-likeness (QED) is 0.918. The molecule has 0 saturated carbocycles. The van der Waals surface area contributed by atoms with Crippen LogP contribution in [0.1, 0.15) is 21.6 Å². The Balaban J connectivity index is 2.00. The van der Waals surface area contributed by atoms with E-state index in [0.29, 0.717) is 12.3 Å². The van der Waals surface area contributed by atoms with Gasteiger partial charge in [-0.1, -0.05) is 28.1 Å². The molecule has 0 unspecified atom stereocenters. The molecule has 19 heavy (non-hydrogen) atoms. The van der Waals surface area contributed by atoms with E-state index in [0.717, 1.165) is 10.0 Å². The number of hydrogen-bond donors (Lipinski definition) is 1. The highest BCUT2D eigenvalue weighted by atomic mass is 79.9. The number of aryl methyl sites for hydroxylation is 1. The summed E-state index contributed by atoms with van der Waals surface area (Å²) in [6.07, 6.45) is 1.33. The van der Waals surface area contributed by atoms with Crippen LogP contribution in [0, 0.1) is 0 Å². The van der Waals surface area contributed by atoms with Gasteiger partial charge in [0.25, 0.3) is 0 Å². The molecule has 0 fully saturated rings. The maximum Gasteiger partial charge on any atom is 0.339 e. The fraction of sp³-hybridized carbons (Fsp3) is 0.231. The Kier molecular flexibility index (Phi) is 4.34. The standard InChI is InChI=1S/C13H13BrN2O3/c1-16-12(11(6-15-16)13(17)18)8-19-7-9-3-2-4-10(14)5-9/h2-6H,7-8H2,1H3,(H,17,18). The Morgan fingerprint density at radius 2 is 2.26 bits per heavy atom. The number of benzene rings is 1. The van der Waals surface area contributed by atoms with Crippen LogP contribution in [0.2, 0.25) is 0 Å². The van der Waals surface area contributed by atoms with Crippen molar-refractivity contribution < 1.29 is 14.6 Å². The predicted molar refractivity (Wildman–Crippen MR) is 72.8 cm³/mol. The average molecular weight is 325 g/mol. The zero-order valence-corrected chi connectivity index (χ0v) is 11.9. The van der Waals surface area contributed by atoms with E-state index in [1.807, 2.05) is 24.3 Å². The van der Waals surface area contributed by atoms with Crippen molar-refractivity contribution in [2.45, 2.75) is 13.2 Å². The third kappa shape index (κ3) is 3.42. The van der Waals surface area contributed by atoms with Crippen molar-refractivity contribution in [3.8, 4) is 0 Å². The van der Waals surface area contributed by atoms with Crippen molar-refractivity contribution in [2.75, 3.05) is 0 Å². The zero-order valence-electron chi connectivity index (χ0n) is 10.3. The molecule has 1 aromatic carbocycles. The van der Waals surface area contributed by atoms with Crippen LogP contribution in [-0.4, -0.2) is 20.9 Å². The first kappa shape index (κ1) is 13.8. The Morgan fingerprint density at radius 3 is 2.95 bits per heavy atom. The Bertz CT molecular complexity index is 595. The summed E-state index contributed by atoms with van der Waals surface area (Å²) in [6, 6.07) is 7.77. The van der Waals surface area contributed by atoms with Gasteiger partial charge in [-0.15, -0.1) is 0 Å². The van der Waals surface area contributed by atoms with Crippen LogP contribution in [0.4, 0.5) is 0 Å². The van der Waals surface area contributed by atoms with Crippen LogP contribution in [0.15, 0.2) is 34.9 Å². The van der Waals surface area contributed by atoms with E-state index in [4.69, 9.17) is 9.84 Å². The van der Waals surface area contributed by atoms with Crippen molar-refractivity contribution in [3.05, 3.63) is 51.8 Å². The smallest absolute Gasteiger partial charge is 0.339 e. The van der Waals surface area contributed by atoms with Crippen molar-refractivity contribution in [1.29, 1.82) is 0 Å². The fourth-order valence-electron chi connectivity index (χ4n) is 1.70. The van der Waals surface area contributed by atoms with Gasteiger partial charge in [0.05, 0.1) is 25.1 Å². The SMILES string of the molecule is Cn1ncc(C(=O)O)c1COCc1cccc(Br)c1. The van der Waals surface area contributed by atoms with Gasteiger partial charge in [0.15, 0.2) is 0 Å². The molecule has 0 spiro atoms. The van der Waals surface area contributed by atoms with Gasteiger partial charge < -0.3 is 9.84 Å². The minimum atomic E-state index is -0.992. The number of carboxylic acids is 1. The number of aromatic carboxylic acids is 1. The van der Waals surface area contributed by atoms with Gasteiger partial charge in [-0.3, -0.25) is 4.68 Å². The minimum Gasteiger partial charge on any atom is -0.478 e. The van der Waals surface area contributed by atoms with Gasteiger partial charge in [-0.25, -0.2) is 4.79 Å². The highest BCUT2D eigenvalue weighted by Gasteiger charge is 2.14.